The number of aromatic nitrogens is 3. The molecule has 98 valence electrons. The van der Waals surface area contributed by atoms with Crippen LogP contribution in [0.1, 0.15) is 24.1 Å². The summed E-state index contributed by atoms with van der Waals surface area (Å²) in [6.07, 6.45) is 2.92. The Hall–Kier alpha value is -1.62. The number of nitrogens with zero attached hydrogens (tertiary/aromatic N) is 4. The van der Waals surface area contributed by atoms with Crippen molar-refractivity contribution in [1.82, 2.24) is 19.8 Å². The molecule has 5 heteroatoms. The van der Waals surface area contributed by atoms with Gasteiger partial charge in [-0.25, -0.2) is 0 Å². The van der Waals surface area contributed by atoms with E-state index in [1.54, 1.807) is 0 Å². The zero-order chi connectivity index (χ0) is 13.0. The predicted octanol–water partition coefficient (Wildman–Crippen LogP) is 1.87. The minimum Gasteiger partial charge on any atom is -0.360 e. The zero-order valence-electron chi connectivity index (χ0n) is 11.3. The first kappa shape index (κ1) is 12.8. The summed E-state index contributed by atoms with van der Waals surface area (Å²) in [6, 6.07) is 4.04. The number of aryl methyl sites for hydroxylation is 2. The molecule has 0 unspecified atom stereocenters. The van der Waals surface area contributed by atoms with E-state index in [9.17, 15) is 0 Å². The van der Waals surface area contributed by atoms with Gasteiger partial charge in [0.25, 0.3) is 0 Å². The van der Waals surface area contributed by atoms with E-state index in [0.29, 0.717) is 0 Å². The first-order valence-electron chi connectivity index (χ1n) is 6.30. The first-order valence-corrected chi connectivity index (χ1v) is 6.30. The van der Waals surface area contributed by atoms with Gasteiger partial charge in [-0.05, 0) is 26.5 Å². The lowest BCUT2D eigenvalue weighted by Crippen LogP contribution is -2.22. The van der Waals surface area contributed by atoms with Crippen molar-refractivity contribution < 1.29 is 4.52 Å². The Morgan fingerprint density at radius 2 is 2.28 bits per heavy atom. The molecular formula is C13H20N4O. The van der Waals surface area contributed by atoms with Crippen molar-refractivity contribution in [2.24, 2.45) is 0 Å². The van der Waals surface area contributed by atoms with Gasteiger partial charge in [0.2, 0.25) is 0 Å². The van der Waals surface area contributed by atoms with Crippen LogP contribution in [0.15, 0.2) is 22.9 Å². The molecular weight excluding hydrogens is 228 g/mol. The van der Waals surface area contributed by atoms with E-state index in [2.05, 4.69) is 29.1 Å². The van der Waals surface area contributed by atoms with E-state index in [1.165, 1.54) is 0 Å². The van der Waals surface area contributed by atoms with Crippen LogP contribution in [0.2, 0.25) is 0 Å². The fourth-order valence-corrected chi connectivity index (χ4v) is 1.80. The number of rotatable bonds is 6. The number of likely N-dealkylation sites (N-methyl/N-ethyl adjacent to an activating group) is 1. The van der Waals surface area contributed by atoms with Crippen LogP contribution >= 0.6 is 0 Å². The molecule has 0 atom stereocenters. The molecule has 2 heterocycles. The third kappa shape index (κ3) is 3.43. The lowest BCUT2D eigenvalue weighted by atomic mass is 10.3. The monoisotopic (exact) mass is 248 g/mol. The highest BCUT2D eigenvalue weighted by molar-refractivity contribution is 5.04. The molecule has 0 radical (unpaired) electrons. The third-order valence-corrected chi connectivity index (χ3v) is 2.88. The normalized spacial score (nSPS) is 11.3. The van der Waals surface area contributed by atoms with Gasteiger partial charge in [0.15, 0.2) is 5.76 Å². The molecule has 2 aromatic rings. The molecule has 0 spiro atoms. The second-order valence-electron chi connectivity index (χ2n) is 4.60. The lowest BCUT2D eigenvalue weighted by Gasteiger charge is -2.14. The third-order valence-electron chi connectivity index (χ3n) is 2.88. The van der Waals surface area contributed by atoms with Crippen molar-refractivity contribution >= 4 is 0 Å². The minimum absolute atomic E-state index is 0.785. The maximum Gasteiger partial charge on any atom is 0.150 e. The van der Waals surface area contributed by atoms with Crippen LogP contribution in [0.4, 0.5) is 0 Å². The Morgan fingerprint density at radius 1 is 1.44 bits per heavy atom. The molecule has 0 aliphatic heterocycles. The molecule has 2 aromatic heterocycles. The van der Waals surface area contributed by atoms with Gasteiger partial charge in [-0.15, -0.1) is 0 Å². The standard InChI is InChI=1S/C13H20N4O/c1-4-12-9-13(18-15-12)10-16(3)7-8-17-6-5-11(2)14-17/h5-6,9H,4,7-8,10H2,1-3H3. The quantitative estimate of drug-likeness (QED) is 0.783. The molecule has 0 N–H and O–H groups in total. The molecule has 0 aromatic carbocycles. The molecule has 0 amide bonds. The summed E-state index contributed by atoms with van der Waals surface area (Å²) >= 11 is 0. The van der Waals surface area contributed by atoms with Gasteiger partial charge in [-0.2, -0.15) is 5.10 Å². The zero-order valence-corrected chi connectivity index (χ0v) is 11.3. The highest BCUT2D eigenvalue weighted by Gasteiger charge is 2.06. The Morgan fingerprint density at radius 3 is 2.89 bits per heavy atom. The van der Waals surface area contributed by atoms with Crippen LogP contribution in [0.5, 0.6) is 0 Å². The molecule has 0 bridgehead atoms. The Labute approximate surface area is 107 Å². The first-order chi connectivity index (χ1) is 8.67. The summed E-state index contributed by atoms with van der Waals surface area (Å²) in [5, 5.41) is 8.35. The van der Waals surface area contributed by atoms with Crippen molar-refractivity contribution in [3.05, 3.63) is 35.5 Å². The SMILES string of the molecule is CCc1cc(CN(C)CCn2ccc(C)n2)on1. The van der Waals surface area contributed by atoms with Crippen LogP contribution in [0.3, 0.4) is 0 Å². The maximum atomic E-state index is 5.27. The van der Waals surface area contributed by atoms with Crippen molar-refractivity contribution in [3.8, 4) is 0 Å². The Balaban J connectivity index is 1.79. The summed E-state index contributed by atoms with van der Waals surface area (Å²) in [6.45, 7) is 6.68. The van der Waals surface area contributed by atoms with E-state index in [1.807, 2.05) is 29.9 Å². The summed E-state index contributed by atoms with van der Waals surface area (Å²) < 4.78 is 7.23. The maximum absolute atomic E-state index is 5.27. The van der Waals surface area contributed by atoms with Crippen LogP contribution in [0, 0.1) is 6.92 Å². The summed E-state index contributed by atoms with van der Waals surface area (Å²) in [5.74, 6) is 0.922. The van der Waals surface area contributed by atoms with E-state index in [0.717, 1.165) is 43.2 Å². The second kappa shape index (κ2) is 5.82. The van der Waals surface area contributed by atoms with Crippen LogP contribution in [-0.4, -0.2) is 33.4 Å². The number of hydrogen-bond acceptors (Lipinski definition) is 4. The fourth-order valence-electron chi connectivity index (χ4n) is 1.80. The Kier molecular flexibility index (Phi) is 4.15. The van der Waals surface area contributed by atoms with Crippen LogP contribution in [-0.2, 0) is 19.5 Å². The molecule has 5 nitrogen and oxygen atoms in total. The van der Waals surface area contributed by atoms with E-state index >= 15 is 0 Å². The molecule has 0 aliphatic rings. The van der Waals surface area contributed by atoms with E-state index in [-0.39, 0.29) is 0 Å². The highest BCUT2D eigenvalue weighted by Crippen LogP contribution is 2.06. The van der Waals surface area contributed by atoms with Crippen molar-refractivity contribution in [2.75, 3.05) is 13.6 Å². The van der Waals surface area contributed by atoms with E-state index < -0.39 is 0 Å². The van der Waals surface area contributed by atoms with E-state index in [4.69, 9.17) is 4.52 Å². The van der Waals surface area contributed by atoms with Crippen molar-refractivity contribution in [2.45, 2.75) is 33.4 Å². The van der Waals surface area contributed by atoms with Gasteiger partial charge in [0, 0.05) is 18.8 Å². The summed E-state index contributed by atoms with van der Waals surface area (Å²) in [4.78, 5) is 2.21. The molecule has 0 aliphatic carbocycles. The predicted molar refractivity (Wildman–Crippen MR) is 69.2 cm³/mol. The van der Waals surface area contributed by atoms with Gasteiger partial charge in [-0.1, -0.05) is 12.1 Å². The average molecular weight is 248 g/mol. The largest absolute Gasteiger partial charge is 0.360 e. The molecule has 0 saturated heterocycles. The molecule has 0 saturated carbocycles. The van der Waals surface area contributed by atoms with Gasteiger partial charge in [-0.3, -0.25) is 9.58 Å². The topological polar surface area (TPSA) is 47.1 Å². The summed E-state index contributed by atoms with van der Waals surface area (Å²) in [5.41, 5.74) is 2.07. The summed E-state index contributed by atoms with van der Waals surface area (Å²) in [7, 11) is 2.07. The van der Waals surface area contributed by atoms with Crippen LogP contribution < -0.4 is 0 Å². The Bertz CT molecular complexity index is 489. The van der Waals surface area contributed by atoms with Gasteiger partial charge in [0.1, 0.15) is 0 Å². The van der Waals surface area contributed by atoms with Crippen molar-refractivity contribution in [1.29, 1.82) is 0 Å². The van der Waals surface area contributed by atoms with Crippen LogP contribution in [0.25, 0.3) is 0 Å². The molecule has 2 rings (SSSR count). The highest BCUT2D eigenvalue weighted by atomic mass is 16.5. The second-order valence-corrected chi connectivity index (χ2v) is 4.60. The van der Waals surface area contributed by atoms with Crippen molar-refractivity contribution in [3.63, 3.8) is 0 Å². The number of hydrogen-bond donors (Lipinski definition) is 0. The minimum atomic E-state index is 0.785. The van der Waals surface area contributed by atoms with Gasteiger partial charge >= 0.3 is 0 Å². The fraction of sp³-hybridized carbons (Fsp3) is 0.538. The smallest absolute Gasteiger partial charge is 0.150 e. The lowest BCUT2D eigenvalue weighted by molar-refractivity contribution is 0.260. The molecule has 18 heavy (non-hydrogen) atoms. The average Bonchev–Trinajstić information content (AvgIpc) is 2.95. The molecule has 0 fully saturated rings. The van der Waals surface area contributed by atoms with Gasteiger partial charge in [0.05, 0.1) is 24.5 Å². The van der Waals surface area contributed by atoms with Gasteiger partial charge < -0.3 is 4.52 Å².